The normalized spacial score (nSPS) is 13.8. The molecule has 0 saturated carbocycles. The first-order chi connectivity index (χ1) is 6.99. The van der Waals surface area contributed by atoms with Crippen LogP contribution in [0.15, 0.2) is 0 Å². The average Bonchev–Trinajstić information content (AvgIpc) is 2.50. The number of nitrogens with zero attached hydrogens (tertiary/aromatic N) is 2. The van der Waals surface area contributed by atoms with Gasteiger partial charge in [-0.05, 0) is 23.9 Å². The molecule has 0 bridgehead atoms. The van der Waals surface area contributed by atoms with E-state index in [0.717, 1.165) is 23.7 Å². The molecule has 0 aromatic carbocycles. The molecule has 1 unspecified atom stereocenters. The third-order valence-electron chi connectivity index (χ3n) is 2.12. The van der Waals surface area contributed by atoms with Crippen LogP contribution in [0.3, 0.4) is 0 Å². The maximum absolute atomic E-state index is 6.24. The van der Waals surface area contributed by atoms with E-state index in [1.807, 2.05) is 0 Å². The van der Waals surface area contributed by atoms with Gasteiger partial charge in [0.1, 0.15) is 10.8 Å². The molecule has 0 fully saturated rings. The summed E-state index contributed by atoms with van der Waals surface area (Å²) in [5.41, 5.74) is 0. The number of aromatic nitrogens is 2. The van der Waals surface area contributed by atoms with Crippen LogP contribution in [-0.2, 0) is 6.42 Å². The minimum Gasteiger partial charge on any atom is -0.224 e. The molecule has 0 aliphatic carbocycles. The van der Waals surface area contributed by atoms with Gasteiger partial charge in [0.15, 0.2) is 0 Å². The lowest BCUT2D eigenvalue weighted by Crippen LogP contribution is -2.07. The summed E-state index contributed by atoms with van der Waals surface area (Å²) >= 11 is 7.73. The maximum atomic E-state index is 6.24. The van der Waals surface area contributed by atoms with Crippen molar-refractivity contribution in [2.45, 2.75) is 51.8 Å². The first kappa shape index (κ1) is 12.9. The molecule has 4 heteroatoms. The first-order valence-electron chi connectivity index (χ1n) is 5.45. The first-order valence-corrected chi connectivity index (χ1v) is 6.66. The summed E-state index contributed by atoms with van der Waals surface area (Å²) in [4.78, 5) is 4.48. The Labute approximate surface area is 101 Å². The molecule has 0 amide bonds. The van der Waals surface area contributed by atoms with Gasteiger partial charge in [0, 0.05) is 17.7 Å². The Morgan fingerprint density at radius 2 is 1.93 bits per heavy atom. The van der Waals surface area contributed by atoms with Crippen molar-refractivity contribution >= 4 is 23.1 Å². The molecule has 0 aliphatic heterocycles. The number of hydrogen-bond acceptors (Lipinski definition) is 3. The van der Waals surface area contributed by atoms with Crippen LogP contribution in [0.1, 0.15) is 50.9 Å². The fourth-order valence-electron chi connectivity index (χ4n) is 1.37. The molecular formula is C11H19ClN2S. The Kier molecular flexibility index (Phi) is 5.00. The van der Waals surface area contributed by atoms with Gasteiger partial charge in [-0.2, -0.15) is 4.37 Å². The summed E-state index contributed by atoms with van der Waals surface area (Å²) in [6.45, 7) is 8.60. The Balaban J connectivity index is 2.49. The monoisotopic (exact) mass is 246 g/mol. The minimum atomic E-state index is 0.193. The fourth-order valence-corrected chi connectivity index (χ4v) is 2.82. The standard InChI is InChI=1S/C11H19ClN2S/c1-7(2)5-9(12)6-10-13-11(8(3)4)14-15-10/h7-9H,5-6H2,1-4H3. The SMILES string of the molecule is CC(C)CC(Cl)Cc1nc(C(C)C)ns1. The summed E-state index contributed by atoms with van der Waals surface area (Å²) in [6.07, 6.45) is 1.89. The van der Waals surface area contributed by atoms with E-state index >= 15 is 0 Å². The fraction of sp³-hybridized carbons (Fsp3) is 0.818. The third-order valence-corrected chi connectivity index (χ3v) is 3.20. The van der Waals surface area contributed by atoms with E-state index in [0.29, 0.717) is 11.8 Å². The lowest BCUT2D eigenvalue weighted by molar-refractivity contribution is 0.560. The van der Waals surface area contributed by atoms with Crippen molar-refractivity contribution < 1.29 is 0 Å². The van der Waals surface area contributed by atoms with Gasteiger partial charge in [0.25, 0.3) is 0 Å². The summed E-state index contributed by atoms with van der Waals surface area (Å²) in [7, 11) is 0. The van der Waals surface area contributed by atoms with Crippen molar-refractivity contribution in [3.63, 3.8) is 0 Å². The van der Waals surface area contributed by atoms with Gasteiger partial charge in [-0.15, -0.1) is 11.6 Å². The van der Waals surface area contributed by atoms with Crippen molar-refractivity contribution in [1.82, 2.24) is 9.36 Å². The second-order valence-corrected chi connectivity index (χ2v) is 6.09. The predicted molar refractivity (Wildman–Crippen MR) is 66.8 cm³/mol. The number of rotatable bonds is 5. The summed E-state index contributed by atoms with van der Waals surface area (Å²) in [5, 5.41) is 1.26. The zero-order valence-corrected chi connectivity index (χ0v) is 11.4. The van der Waals surface area contributed by atoms with Gasteiger partial charge in [-0.1, -0.05) is 27.7 Å². The molecule has 1 aromatic rings. The molecule has 15 heavy (non-hydrogen) atoms. The Bertz CT molecular complexity index is 297. The Morgan fingerprint density at radius 3 is 2.40 bits per heavy atom. The van der Waals surface area contributed by atoms with Crippen molar-refractivity contribution in [3.8, 4) is 0 Å². The molecule has 0 saturated heterocycles. The van der Waals surface area contributed by atoms with Gasteiger partial charge < -0.3 is 0 Å². The second kappa shape index (κ2) is 5.80. The van der Waals surface area contributed by atoms with Crippen LogP contribution in [0.2, 0.25) is 0 Å². The van der Waals surface area contributed by atoms with Gasteiger partial charge in [0.2, 0.25) is 0 Å². The Morgan fingerprint density at radius 1 is 1.27 bits per heavy atom. The van der Waals surface area contributed by atoms with Crippen molar-refractivity contribution in [2.75, 3.05) is 0 Å². The molecule has 0 spiro atoms. The van der Waals surface area contributed by atoms with E-state index in [9.17, 15) is 0 Å². The molecule has 0 radical (unpaired) electrons. The van der Waals surface area contributed by atoms with E-state index in [-0.39, 0.29) is 5.38 Å². The molecular weight excluding hydrogens is 228 g/mol. The van der Waals surface area contributed by atoms with Crippen LogP contribution >= 0.6 is 23.1 Å². The van der Waals surface area contributed by atoms with Crippen LogP contribution in [0.25, 0.3) is 0 Å². The predicted octanol–water partition coefficient (Wildman–Crippen LogP) is 3.86. The van der Waals surface area contributed by atoms with Gasteiger partial charge >= 0.3 is 0 Å². The van der Waals surface area contributed by atoms with E-state index < -0.39 is 0 Å². The minimum absolute atomic E-state index is 0.193. The highest BCUT2D eigenvalue weighted by Crippen LogP contribution is 2.19. The molecule has 2 nitrogen and oxygen atoms in total. The smallest absolute Gasteiger partial charge is 0.145 e. The van der Waals surface area contributed by atoms with Crippen molar-refractivity contribution in [2.24, 2.45) is 5.92 Å². The van der Waals surface area contributed by atoms with Crippen molar-refractivity contribution in [3.05, 3.63) is 10.8 Å². The number of hydrogen-bond donors (Lipinski definition) is 0. The number of alkyl halides is 1. The molecule has 1 aromatic heterocycles. The topological polar surface area (TPSA) is 25.8 Å². The van der Waals surface area contributed by atoms with E-state index in [4.69, 9.17) is 11.6 Å². The zero-order valence-electron chi connectivity index (χ0n) is 9.83. The van der Waals surface area contributed by atoms with Crippen LogP contribution in [0, 0.1) is 5.92 Å². The highest BCUT2D eigenvalue weighted by Gasteiger charge is 2.13. The maximum Gasteiger partial charge on any atom is 0.145 e. The van der Waals surface area contributed by atoms with E-state index in [2.05, 4.69) is 37.1 Å². The highest BCUT2D eigenvalue weighted by molar-refractivity contribution is 7.05. The molecule has 1 atom stereocenters. The highest BCUT2D eigenvalue weighted by atomic mass is 35.5. The lowest BCUT2D eigenvalue weighted by Gasteiger charge is -2.09. The zero-order chi connectivity index (χ0) is 11.4. The summed E-state index contributed by atoms with van der Waals surface area (Å²) in [5.74, 6) is 2.00. The molecule has 0 N–H and O–H groups in total. The molecule has 1 heterocycles. The van der Waals surface area contributed by atoms with Gasteiger partial charge in [-0.25, -0.2) is 4.98 Å². The number of halogens is 1. The Hall–Kier alpha value is -0.150. The van der Waals surface area contributed by atoms with Gasteiger partial charge in [0.05, 0.1) is 0 Å². The molecule has 86 valence electrons. The quantitative estimate of drug-likeness (QED) is 0.738. The van der Waals surface area contributed by atoms with Crippen LogP contribution < -0.4 is 0 Å². The third kappa shape index (κ3) is 4.47. The largest absolute Gasteiger partial charge is 0.224 e. The van der Waals surface area contributed by atoms with Gasteiger partial charge in [-0.3, -0.25) is 0 Å². The summed E-state index contributed by atoms with van der Waals surface area (Å²) < 4.78 is 4.32. The molecule has 1 rings (SSSR count). The van der Waals surface area contributed by atoms with Crippen molar-refractivity contribution in [1.29, 1.82) is 0 Å². The summed E-state index contributed by atoms with van der Waals surface area (Å²) in [6, 6.07) is 0. The van der Waals surface area contributed by atoms with Crippen LogP contribution in [0.4, 0.5) is 0 Å². The van der Waals surface area contributed by atoms with Crippen LogP contribution in [-0.4, -0.2) is 14.7 Å². The second-order valence-electron chi connectivity index (χ2n) is 4.63. The van der Waals surface area contributed by atoms with Crippen LogP contribution in [0.5, 0.6) is 0 Å². The lowest BCUT2D eigenvalue weighted by atomic mass is 10.1. The average molecular weight is 247 g/mol. The van der Waals surface area contributed by atoms with E-state index in [1.54, 1.807) is 0 Å². The van der Waals surface area contributed by atoms with E-state index in [1.165, 1.54) is 11.5 Å². The molecule has 0 aliphatic rings.